The number of ether oxygens (including phenoxy) is 1. The normalized spacial score (nSPS) is 16.9. The van der Waals surface area contributed by atoms with Gasteiger partial charge in [-0.3, -0.25) is 4.90 Å². The zero-order chi connectivity index (χ0) is 20.3. The molecule has 1 heterocycles. The molecule has 1 saturated heterocycles. The molecule has 0 amide bonds. The number of hydrogen-bond donors (Lipinski definition) is 1. The quantitative estimate of drug-likeness (QED) is 0.710. The van der Waals surface area contributed by atoms with Crippen molar-refractivity contribution in [2.45, 2.75) is 10.9 Å². The second-order valence-electron chi connectivity index (χ2n) is 6.27. The highest BCUT2D eigenvalue weighted by Crippen LogP contribution is 2.25. The fraction of sp³-hybridized carbons (Fsp3) is 0.333. The first-order valence-corrected chi connectivity index (χ1v) is 10.4. The van der Waals surface area contributed by atoms with Crippen LogP contribution in [0.15, 0.2) is 41.3 Å². The first-order chi connectivity index (χ1) is 13.3. The molecule has 0 spiro atoms. The molecule has 28 heavy (non-hydrogen) atoms. The molecule has 0 bridgehead atoms. The molecule has 2 aromatic rings. The van der Waals surface area contributed by atoms with Gasteiger partial charge in [0.2, 0.25) is 10.0 Å². The minimum Gasteiger partial charge on any atom is -0.379 e. The van der Waals surface area contributed by atoms with Crippen molar-refractivity contribution in [3.05, 3.63) is 64.4 Å². The van der Waals surface area contributed by atoms with Crippen molar-refractivity contribution < 1.29 is 26.3 Å². The van der Waals surface area contributed by atoms with Crippen LogP contribution in [0.3, 0.4) is 0 Å². The Balaban J connectivity index is 1.86. The van der Waals surface area contributed by atoms with E-state index in [1.807, 2.05) is 4.90 Å². The van der Waals surface area contributed by atoms with Gasteiger partial charge in [-0.05, 0) is 23.8 Å². The fourth-order valence-corrected chi connectivity index (χ4v) is 4.34. The van der Waals surface area contributed by atoms with Crippen LogP contribution in [0, 0.1) is 17.5 Å². The van der Waals surface area contributed by atoms with Crippen LogP contribution < -0.4 is 4.72 Å². The van der Waals surface area contributed by atoms with Crippen molar-refractivity contribution in [2.24, 2.45) is 0 Å². The maximum atomic E-state index is 13.9. The Morgan fingerprint density at radius 3 is 2.43 bits per heavy atom. The summed E-state index contributed by atoms with van der Waals surface area (Å²) in [4.78, 5) is 1.07. The molecular formula is C18H18ClF3N2O3S. The lowest BCUT2D eigenvalue weighted by Gasteiger charge is -2.35. The highest BCUT2D eigenvalue weighted by molar-refractivity contribution is 7.89. The van der Waals surface area contributed by atoms with Gasteiger partial charge in [0.15, 0.2) is 11.6 Å². The van der Waals surface area contributed by atoms with Gasteiger partial charge in [0, 0.05) is 36.8 Å². The van der Waals surface area contributed by atoms with Crippen LogP contribution in [-0.2, 0) is 14.8 Å². The summed E-state index contributed by atoms with van der Waals surface area (Å²) in [7, 11) is -4.40. The molecular weight excluding hydrogens is 417 g/mol. The Kier molecular flexibility index (Phi) is 6.61. The molecule has 1 unspecified atom stereocenters. The number of rotatable bonds is 6. The predicted molar refractivity (Wildman–Crippen MR) is 98.1 cm³/mol. The molecule has 0 aliphatic carbocycles. The van der Waals surface area contributed by atoms with E-state index >= 15 is 0 Å². The largest absolute Gasteiger partial charge is 0.379 e. The molecule has 1 aliphatic rings. The third-order valence-electron chi connectivity index (χ3n) is 4.45. The minimum atomic E-state index is -4.40. The van der Waals surface area contributed by atoms with E-state index in [1.54, 1.807) is 24.3 Å². The number of nitrogens with one attached hydrogen (secondary N) is 1. The summed E-state index contributed by atoms with van der Waals surface area (Å²) in [6.45, 7) is 2.00. The van der Waals surface area contributed by atoms with Gasteiger partial charge in [-0.1, -0.05) is 23.7 Å². The molecule has 152 valence electrons. The lowest BCUT2D eigenvalue weighted by Crippen LogP contribution is -2.43. The molecule has 1 atom stereocenters. The van der Waals surface area contributed by atoms with Crippen LogP contribution in [0.4, 0.5) is 13.2 Å². The third-order valence-corrected chi connectivity index (χ3v) is 6.12. The van der Waals surface area contributed by atoms with E-state index in [0.29, 0.717) is 37.4 Å². The molecule has 0 saturated carbocycles. The van der Waals surface area contributed by atoms with Crippen LogP contribution in [0.2, 0.25) is 5.02 Å². The molecule has 3 rings (SSSR count). The number of nitrogens with zero attached hydrogens (tertiary/aromatic N) is 1. The Labute approximate surface area is 166 Å². The molecule has 1 fully saturated rings. The zero-order valence-electron chi connectivity index (χ0n) is 14.7. The van der Waals surface area contributed by atoms with Gasteiger partial charge in [0.05, 0.1) is 13.2 Å². The second-order valence-corrected chi connectivity index (χ2v) is 8.44. The van der Waals surface area contributed by atoms with Crippen molar-refractivity contribution >= 4 is 21.6 Å². The summed E-state index contributed by atoms with van der Waals surface area (Å²) in [6, 6.07) is 7.10. The van der Waals surface area contributed by atoms with Crippen molar-refractivity contribution in [1.29, 1.82) is 0 Å². The summed E-state index contributed by atoms with van der Waals surface area (Å²) in [5.41, 5.74) is 0.767. The number of halogens is 4. The Morgan fingerprint density at radius 1 is 1.07 bits per heavy atom. The summed E-state index contributed by atoms with van der Waals surface area (Å²) < 4.78 is 73.0. The topological polar surface area (TPSA) is 58.6 Å². The van der Waals surface area contributed by atoms with Gasteiger partial charge in [-0.25, -0.2) is 26.3 Å². The predicted octanol–water partition coefficient (Wildman–Crippen LogP) is 3.11. The lowest BCUT2D eigenvalue weighted by molar-refractivity contribution is 0.0172. The number of benzene rings is 2. The van der Waals surface area contributed by atoms with E-state index < -0.39 is 38.4 Å². The van der Waals surface area contributed by atoms with E-state index in [2.05, 4.69) is 4.72 Å². The standard InChI is InChI=1S/C18H18ClF3N2O3S/c19-13-3-1-2-12(8-13)17(24-4-6-27-7-5-24)11-23-28(25,26)18-10-15(21)14(20)9-16(18)22/h1-3,8-10,17,23H,4-7,11H2. The summed E-state index contributed by atoms with van der Waals surface area (Å²) >= 11 is 6.06. The number of hydrogen-bond acceptors (Lipinski definition) is 4. The summed E-state index contributed by atoms with van der Waals surface area (Å²) in [5.74, 6) is -4.26. The van der Waals surface area contributed by atoms with Gasteiger partial charge in [0.1, 0.15) is 10.7 Å². The summed E-state index contributed by atoms with van der Waals surface area (Å²) in [5, 5.41) is 0.491. The van der Waals surface area contributed by atoms with E-state index in [0.717, 1.165) is 5.56 Å². The van der Waals surface area contributed by atoms with Crippen LogP contribution in [-0.4, -0.2) is 46.2 Å². The average Bonchev–Trinajstić information content (AvgIpc) is 2.65. The van der Waals surface area contributed by atoms with Gasteiger partial charge in [-0.15, -0.1) is 0 Å². The SMILES string of the molecule is O=S(=O)(NCC(c1cccc(Cl)c1)N1CCOCC1)c1cc(F)c(F)cc1F. The Morgan fingerprint density at radius 2 is 1.75 bits per heavy atom. The fourth-order valence-electron chi connectivity index (χ4n) is 3.04. The Hall–Kier alpha value is -1.65. The van der Waals surface area contributed by atoms with Crippen molar-refractivity contribution in [3.63, 3.8) is 0 Å². The summed E-state index contributed by atoms with van der Waals surface area (Å²) in [6.07, 6.45) is 0. The second kappa shape index (κ2) is 8.79. The maximum absolute atomic E-state index is 13.9. The average molecular weight is 435 g/mol. The third kappa shape index (κ3) is 4.84. The molecule has 0 aromatic heterocycles. The van der Waals surface area contributed by atoms with Crippen LogP contribution in [0.25, 0.3) is 0 Å². The van der Waals surface area contributed by atoms with Crippen molar-refractivity contribution in [1.82, 2.24) is 9.62 Å². The van der Waals surface area contributed by atoms with Crippen LogP contribution in [0.5, 0.6) is 0 Å². The van der Waals surface area contributed by atoms with E-state index in [-0.39, 0.29) is 12.6 Å². The maximum Gasteiger partial charge on any atom is 0.243 e. The van der Waals surface area contributed by atoms with E-state index in [1.165, 1.54) is 0 Å². The van der Waals surface area contributed by atoms with Crippen LogP contribution in [0.1, 0.15) is 11.6 Å². The molecule has 2 aromatic carbocycles. The number of sulfonamides is 1. The monoisotopic (exact) mass is 434 g/mol. The van der Waals surface area contributed by atoms with Gasteiger partial charge in [0.25, 0.3) is 0 Å². The minimum absolute atomic E-state index is 0.110. The molecule has 1 N–H and O–H groups in total. The van der Waals surface area contributed by atoms with Crippen LogP contribution >= 0.6 is 11.6 Å². The highest BCUT2D eigenvalue weighted by Gasteiger charge is 2.27. The van der Waals surface area contributed by atoms with Crippen molar-refractivity contribution in [3.8, 4) is 0 Å². The first-order valence-electron chi connectivity index (χ1n) is 8.49. The first kappa shape index (κ1) is 21.1. The van der Waals surface area contributed by atoms with E-state index in [9.17, 15) is 21.6 Å². The highest BCUT2D eigenvalue weighted by atomic mass is 35.5. The van der Waals surface area contributed by atoms with Gasteiger partial charge < -0.3 is 4.74 Å². The zero-order valence-corrected chi connectivity index (χ0v) is 16.2. The van der Waals surface area contributed by atoms with Gasteiger partial charge in [-0.2, -0.15) is 0 Å². The smallest absolute Gasteiger partial charge is 0.243 e. The lowest BCUT2D eigenvalue weighted by atomic mass is 10.1. The molecule has 0 radical (unpaired) electrons. The molecule has 10 heteroatoms. The van der Waals surface area contributed by atoms with E-state index in [4.69, 9.17) is 16.3 Å². The molecule has 5 nitrogen and oxygen atoms in total. The Bertz CT molecular complexity index is 953. The number of morpholine rings is 1. The van der Waals surface area contributed by atoms with Gasteiger partial charge >= 0.3 is 0 Å². The van der Waals surface area contributed by atoms with Crippen molar-refractivity contribution in [2.75, 3.05) is 32.8 Å². The molecule has 1 aliphatic heterocycles.